The van der Waals surface area contributed by atoms with Gasteiger partial charge in [0.1, 0.15) is 12.4 Å². The van der Waals surface area contributed by atoms with Gasteiger partial charge in [-0.1, -0.05) is 29.7 Å². The van der Waals surface area contributed by atoms with Crippen molar-refractivity contribution >= 4 is 17.5 Å². The van der Waals surface area contributed by atoms with Gasteiger partial charge in [0.2, 0.25) is 0 Å². The highest BCUT2D eigenvalue weighted by molar-refractivity contribution is 6.33. The van der Waals surface area contributed by atoms with E-state index >= 15 is 0 Å². The van der Waals surface area contributed by atoms with Crippen molar-refractivity contribution in [3.8, 4) is 18.1 Å². The van der Waals surface area contributed by atoms with Gasteiger partial charge in [-0.15, -0.1) is 6.42 Å². The molecule has 5 heteroatoms. The first-order chi connectivity index (χ1) is 10.2. The first-order valence-corrected chi connectivity index (χ1v) is 6.61. The lowest BCUT2D eigenvalue weighted by atomic mass is 10.2. The van der Waals surface area contributed by atoms with Crippen molar-refractivity contribution < 1.29 is 9.53 Å². The number of carbonyl (C=O) groups excluding carboxylic acids is 1. The average Bonchev–Trinajstić information content (AvgIpc) is 2.51. The number of carbonyl (C=O) groups is 1. The van der Waals surface area contributed by atoms with E-state index in [4.69, 9.17) is 22.8 Å². The van der Waals surface area contributed by atoms with Crippen LogP contribution >= 0.6 is 11.6 Å². The Hall–Kier alpha value is -2.51. The maximum atomic E-state index is 12.0. The van der Waals surface area contributed by atoms with Crippen LogP contribution in [0.3, 0.4) is 0 Å². The summed E-state index contributed by atoms with van der Waals surface area (Å²) in [6.45, 7) is 0.577. The van der Waals surface area contributed by atoms with Crippen molar-refractivity contribution in [1.82, 2.24) is 10.3 Å². The van der Waals surface area contributed by atoms with Crippen LogP contribution in [0.1, 0.15) is 15.9 Å². The highest BCUT2D eigenvalue weighted by Gasteiger charge is 2.09. The molecule has 4 nitrogen and oxygen atoms in total. The summed E-state index contributed by atoms with van der Waals surface area (Å²) < 4.78 is 5.33. The number of hydrogen-bond donors (Lipinski definition) is 1. The van der Waals surface area contributed by atoms with E-state index in [-0.39, 0.29) is 12.5 Å². The molecule has 0 radical (unpaired) electrons. The Balaban J connectivity index is 1.98. The van der Waals surface area contributed by atoms with E-state index < -0.39 is 0 Å². The van der Waals surface area contributed by atoms with E-state index in [0.717, 1.165) is 5.56 Å². The molecule has 21 heavy (non-hydrogen) atoms. The zero-order valence-corrected chi connectivity index (χ0v) is 11.9. The number of hydrogen-bond acceptors (Lipinski definition) is 3. The fourth-order valence-electron chi connectivity index (χ4n) is 1.71. The van der Waals surface area contributed by atoms with E-state index in [2.05, 4.69) is 16.2 Å². The molecule has 1 aromatic carbocycles. The van der Waals surface area contributed by atoms with Crippen molar-refractivity contribution in [2.45, 2.75) is 6.54 Å². The Bertz CT molecular complexity index is 680. The molecule has 0 unspecified atom stereocenters. The molecule has 1 amide bonds. The summed E-state index contributed by atoms with van der Waals surface area (Å²) in [7, 11) is 0. The standard InChI is InChI=1S/C16H13ClN2O2/c1-2-8-21-13-5-3-4-12(9-13)10-19-16(20)14-6-7-18-11-15(14)17/h1,3-7,9,11H,8,10H2,(H,19,20). The van der Waals surface area contributed by atoms with E-state index in [1.807, 2.05) is 24.3 Å². The topological polar surface area (TPSA) is 51.2 Å². The predicted octanol–water partition coefficient (Wildman–Crippen LogP) is 2.68. The summed E-state index contributed by atoms with van der Waals surface area (Å²) in [6.07, 6.45) is 8.10. The number of ether oxygens (including phenoxy) is 1. The summed E-state index contributed by atoms with van der Waals surface area (Å²) in [6, 6.07) is 8.93. The van der Waals surface area contributed by atoms with Gasteiger partial charge in [0, 0.05) is 18.9 Å². The molecule has 0 aliphatic rings. The molecule has 0 aliphatic carbocycles. The van der Waals surface area contributed by atoms with Gasteiger partial charge in [0.15, 0.2) is 0 Å². The van der Waals surface area contributed by atoms with Crippen molar-refractivity contribution in [3.63, 3.8) is 0 Å². The minimum Gasteiger partial charge on any atom is -0.481 e. The Labute approximate surface area is 128 Å². The number of aromatic nitrogens is 1. The van der Waals surface area contributed by atoms with E-state index in [9.17, 15) is 4.79 Å². The SMILES string of the molecule is C#CCOc1cccc(CNC(=O)c2ccncc2Cl)c1. The molecule has 0 fully saturated rings. The maximum absolute atomic E-state index is 12.0. The van der Waals surface area contributed by atoms with E-state index in [0.29, 0.717) is 22.9 Å². The number of nitrogens with one attached hydrogen (secondary N) is 1. The van der Waals surface area contributed by atoms with Crippen LogP contribution < -0.4 is 10.1 Å². The molecule has 1 N–H and O–H groups in total. The molecule has 2 aromatic rings. The van der Waals surface area contributed by atoms with Gasteiger partial charge in [-0.2, -0.15) is 0 Å². The summed E-state index contributed by atoms with van der Waals surface area (Å²) in [4.78, 5) is 15.9. The van der Waals surface area contributed by atoms with Gasteiger partial charge in [-0.05, 0) is 23.8 Å². The second kappa shape index (κ2) is 7.32. The van der Waals surface area contributed by atoms with Gasteiger partial charge in [0.25, 0.3) is 5.91 Å². The molecule has 0 bridgehead atoms. The van der Waals surface area contributed by atoms with Crippen LogP contribution in [0.4, 0.5) is 0 Å². The summed E-state index contributed by atoms with van der Waals surface area (Å²) in [5, 5.41) is 3.11. The lowest BCUT2D eigenvalue weighted by molar-refractivity contribution is 0.0951. The fraction of sp³-hybridized carbons (Fsp3) is 0.125. The summed E-state index contributed by atoms with van der Waals surface area (Å²) in [5.74, 6) is 2.82. The molecule has 2 rings (SSSR count). The number of terminal acetylenes is 1. The third-order valence-electron chi connectivity index (χ3n) is 2.69. The van der Waals surface area contributed by atoms with E-state index in [1.54, 1.807) is 6.07 Å². The lowest BCUT2D eigenvalue weighted by Crippen LogP contribution is -2.23. The Morgan fingerprint density at radius 3 is 3.05 bits per heavy atom. The largest absolute Gasteiger partial charge is 0.481 e. The highest BCUT2D eigenvalue weighted by Crippen LogP contribution is 2.15. The highest BCUT2D eigenvalue weighted by atomic mass is 35.5. The minimum atomic E-state index is -0.252. The number of nitrogens with zero attached hydrogens (tertiary/aromatic N) is 1. The van der Waals surface area contributed by atoms with Crippen LogP contribution in [0.25, 0.3) is 0 Å². The monoisotopic (exact) mass is 300 g/mol. The molecule has 0 spiro atoms. The van der Waals surface area contributed by atoms with Crippen LogP contribution in [-0.4, -0.2) is 17.5 Å². The predicted molar refractivity (Wildman–Crippen MR) is 81.2 cm³/mol. The quantitative estimate of drug-likeness (QED) is 0.864. The van der Waals surface area contributed by atoms with Crippen LogP contribution in [0, 0.1) is 12.3 Å². The van der Waals surface area contributed by atoms with Crippen LogP contribution in [0.5, 0.6) is 5.75 Å². The van der Waals surface area contributed by atoms with E-state index in [1.165, 1.54) is 12.4 Å². The van der Waals surface area contributed by atoms with Gasteiger partial charge in [0.05, 0.1) is 10.6 Å². The first-order valence-electron chi connectivity index (χ1n) is 6.23. The Kier molecular flexibility index (Phi) is 5.19. The summed E-state index contributed by atoms with van der Waals surface area (Å²) >= 11 is 5.92. The second-order valence-corrected chi connectivity index (χ2v) is 4.59. The number of rotatable bonds is 5. The second-order valence-electron chi connectivity index (χ2n) is 4.18. The molecule has 0 saturated carbocycles. The summed E-state index contributed by atoms with van der Waals surface area (Å²) in [5.41, 5.74) is 1.30. The minimum absolute atomic E-state index is 0.211. The first kappa shape index (κ1) is 14.9. The smallest absolute Gasteiger partial charge is 0.253 e. The number of pyridine rings is 1. The molecule has 0 atom stereocenters. The molecule has 1 aromatic heterocycles. The van der Waals surface area contributed by atoms with Gasteiger partial charge in [-0.3, -0.25) is 9.78 Å². The maximum Gasteiger partial charge on any atom is 0.253 e. The third kappa shape index (κ3) is 4.23. The fourth-order valence-corrected chi connectivity index (χ4v) is 1.91. The van der Waals surface area contributed by atoms with Crippen LogP contribution in [-0.2, 0) is 6.54 Å². The zero-order valence-electron chi connectivity index (χ0n) is 11.2. The molecular formula is C16H13ClN2O2. The third-order valence-corrected chi connectivity index (χ3v) is 2.99. The van der Waals surface area contributed by atoms with Gasteiger partial charge in [-0.25, -0.2) is 0 Å². The number of benzene rings is 1. The van der Waals surface area contributed by atoms with Crippen molar-refractivity contribution in [3.05, 3.63) is 58.9 Å². The number of amides is 1. The lowest BCUT2D eigenvalue weighted by Gasteiger charge is -2.08. The Morgan fingerprint density at radius 2 is 2.29 bits per heavy atom. The zero-order chi connectivity index (χ0) is 15.1. The van der Waals surface area contributed by atoms with Crippen molar-refractivity contribution in [2.75, 3.05) is 6.61 Å². The molecule has 1 heterocycles. The van der Waals surface area contributed by atoms with Crippen molar-refractivity contribution in [1.29, 1.82) is 0 Å². The molecular weight excluding hydrogens is 288 g/mol. The number of halogens is 1. The molecule has 0 saturated heterocycles. The normalized spacial score (nSPS) is 9.71. The average molecular weight is 301 g/mol. The molecule has 0 aliphatic heterocycles. The van der Waals surface area contributed by atoms with Gasteiger partial charge < -0.3 is 10.1 Å². The van der Waals surface area contributed by atoms with Crippen LogP contribution in [0.2, 0.25) is 5.02 Å². The Morgan fingerprint density at radius 1 is 1.43 bits per heavy atom. The van der Waals surface area contributed by atoms with Crippen molar-refractivity contribution in [2.24, 2.45) is 0 Å². The molecule has 106 valence electrons. The van der Waals surface area contributed by atoms with Crippen LogP contribution in [0.15, 0.2) is 42.7 Å². The van der Waals surface area contributed by atoms with Gasteiger partial charge >= 0.3 is 0 Å².